The largest absolute Gasteiger partial charge is 0.466 e. The van der Waals surface area contributed by atoms with Gasteiger partial charge in [-0.25, -0.2) is 4.39 Å². The number of halogens is 1. The standard InChI is InChI=1S/C18H23FN2O3/c1-2-23-17(22)18(7-4-8-20-12-18)11-15-10-16(21-24-15)13-5-3-6-14(19)9-13/h3,5-6,9,15,20H,2,4,7-8,10-12H2,1H3/t15-,18-/m1/s1. The summed E-state index contributed by atoms with van der Waals surface area (Å²) in [6.07, 6.45) is 2.66. The van der Waals surface area contributed by atoms with Crippen LogP contribution in [0.15, 0.2) is 29.4 Å². The molecular weight excluding hydrogens is 311 g/mol. The molecule has 5 nitrogen and oxygen atoms in total. The highest BCUT2D eigenvalue weighted by molar-refractivity contribution is 6.01. The van der Waals surface area contributed by atoms with E-state index < -0.39 is 5.41 Å². The second-order valence-corrected chi connectivity index (χ2v) is 6.47. The second kappa shape index (κ2) is 7.30. The van der Waals surface area contributed by atoms with Crippen LogP contribution >= 0.6 is 0 Å². The zero-order valence-electron chi connectivity index (χ0n) is 13.9. The smallest absolute Gasteiger partial charge is 0.313 e. The van der Waals surface area contributed by atoms with E-state index in [4.69, 9.17) is 9.57 Å². The molecule has 3 rings (SSSR count). The second-order valence-electron chi connectivity index (χ2n) is 6.47. The van der Waals surface area contributed by atoms with Crippen molar-refractivity contribution in [1.29, 1.82) is 0 Å². The minimum Gasteiger partial charge on any atom is -0.466 e. The van der Waals surface area contributed by atoms with Crippen molar-refractivity contribution in [2.75, 3.05) is 19.7 Å². The van der Waals surface area contributed by atoms with Gasteiger partial charge in [-0.3, -0.25) is 4.79 Å². The highest BCUT2D eigenvalue weighted by atomic mass is 19.1. The number of ether oxygens (including phenoxy) is 1. The summed E-state index contributed by atoms with van der Waals surface area (Å²) < 4.78 is 18.7. The summed E-state index contributed by atoms with van der Waals surface area (Å²) in [5.41, 5.74) is 0.887. The number of nitrogens with zero attached hydrogens (tertiary/aromatic N) is 1. The molecule has 1 fully saturated rings. The fraction of sp³-hybridized carbons (Fsp3) is 0.556. The first-order valence-corrected chi connectivity index (χ1v) is 8.49. The summed E-state index contributed by atoms with van der Waals surface area (Å²) in [5, 5.41) is 7.40. The van der Waals surface area contributed by atoms with Gasteiger partial charge < -0.3 is 14.9 Å². The lowest BCUT2D eigenvalue weighted by atomic mass is 9.75. The van der Waals surface area contributed by atoms with Crippen molar-refractivity contribution < 1.29 is 18.8 Å². The number of rotatable bonds is 5. The number of nitrogens with one attached hydrogen (secondary N) is 1. The van der Waals surface area contributed by atoms with Gasteiger partial charge in [0.05, 0.1) is 17.7 Å². The summed E-state index contributed by atoms with van der Waals surface area (Å²) in [5.74, 6) is -0.460. The fourth-order valence-electron chi connectivity index (χ4n) is 3.50. The van der Waals surface area contributed by atoms with E-state index in [1.807, 2.05) is 13.0 Å². The Morgan fingerprint density at radius 3 is 3.12 bits per heavy atom. The van der Waals surface area contributed by atoms with Gasteiger partial charge in [0.1, 0.15) is 11.9 Å². The number of hydrogen-bond donors (Lipinski definition) is 1. The lowest BCUT2D eigenvalue weighted by Crippen LogP contribution is -2.48. The van der Waals surface area contributed by atoms with E-state index in [0.29, 0.717) is 26.0 Å². The monoisotopic (exact) mass is 334 g/mol. The first kappa shape index (κ1) is 16.9. The SMILES string of the molecule is CCOC(=O)[C@@]1(C[C@H]2CC(c3cccc(F)c3)=NO2)CCCNC1. The molecule has 2 atom stereocenters. The number of carbonyl (C=O) groups is 1. The number of benzene rings is 1. The van der Waals surface area contributed by atoms with E-state index in [1.165, 1.54) is 12.1 Å². The maximum Gasteiger partial charge on any atom is 0.313 e. The lowest BCUT2D eigenvalue weighted by Gasteiger charge is -2.36. The maximum absolute atomic E-state index is 13.4. The van der Waals surface area contributed by atoms with Crippen molar-refractivity contribution in [2.45, 2.75) is 38.7 Å². The molecule has 1 aromatic carbocycles. The third kappa shape index (κ3) is 3.59. The highest BCUT2D eigenvalue weighted by Crippen LogP contribution is 2.36. The van der Waals surface area contributed by atoms with Crippen molar-refractivity contribution in [3.05, 3.63) is 35.6 Å². The fourth-order valence-corrected chi connectivity index (χ4v) is 3.50. The van der Waals surface area contributed by atoms with E-state index >= 15 is 0 Å². The Morgan fingerprint density at radius 1 is 1.54 bits per heavy atom. The Kier molecular flexibility index (Phi) is 5.14. The summed E-state index contributed by atoms with van der Waals surface area (Å²) in [6.45, 7) is 3.70. The molecule has 0 unspecified atom stereocenters. The third-order valence-corrected chi connectivity index (χ3v) is 4.69. The molecule has 2 heterocycles. The van der Waals surface area contributed by atoms with Crippen molar-refractivity contribution >= 4 is 11.7 Å². The van der Waals surface area contributed by atoms with Gasteiger partial charge in [0.15, 0.2) is 0 Å². The minimum atomic E-state index is -0.564. The van der Waals surface area contributed by atoms with Gasteiger partial charge in [-0.1, -0.05) is 17.3 Å². The summed E-state index contributed by atoms with van der Waals surface area (Å²) in [4.78, 5) is 18.0. The molecule has 130 valence electrons. The zero-order chi connectivity index (χ0) is 17.0. The van der Waals surface area contributed by atoms with E-state index in [2.05, 4.69) is 10.5 Å². The van der Waals surface area contributed by atoms with Crippen LogP contribution in [0.2, 0.25) is 0 Å². The number of hydrogen-bond acceptors (Lipinski definition) is 5. The van der Waals surface area contributed by atoms with Crippen LogP contribution in [0.4, 0.5) is 4.39 Å². The average molecular weight is 334 g/mol. The number of carbonyl (C=O) groups excluding carboxylic acids is 1. The molecule has 0 aliphatic carbocycles. The average Bonchev–Trinajstić information content (AvgIpc) is 3.04. The van der Waals surface area contributed by atoms with Gasteiger partial charge in [-0.05, 0) is 38.4 Å². The van der Waals surface area contributed by atoms with Crippen LogP contribution in [0.25, 0.3) is 0 Å². The predicted molar refractivity (Wildman–Crippen MR) is 88.2 cm³/mol. The van der Waals surface area contributed by atoms with E-state index in [9.17, 15) is 9.18 Å². The first-order valence-electron chi connectivity index (χ1n) is 8.49. The molecule has 1 saturated heterocycles. The van der Waals surface area contributed by atoms with Crippen molar-refractivity contribution in [3.8, 4) is 0 Å². The molecule has 0 aromatic heterocycles. The van der Waals surface area contributed by atoms with Crippen molar-refractivity contribution in [3.63, 3.8) is 0 Å². The molecule has 0 radical (unpaired) electrons. The first-order chi connectivity index (χ1) is 11.6. The molecule has 6 heteroatoms. The van der Waals surface area contributed by atoms with Crippen molar-refractivity contribution in [1.82, 2.24) is 5.32 Å². The normalized spacial score (nSPS) is 26.6. The number of oxime groups is 1. The van der Waals surface area contributed by atoms with Gasteiger partial charge in [-0.2, -0.15) is 0 Å². The Hall–Kier alpha value is -1.95. The zero-order valence-corrected chi connectivity index (χ0v) is 13.9. The molecule has 0 bridgehead atoms. The van der Waals surface area contributed by atoms with Gasteiger partial charge in [0.2, 0.25) is 0 Å². The maximum atomic E-state index is 13.4. The van der Waals surface area contributed by atoms with Gasteiger partial charge in [0, 0.05) is 24.9 Å². The Labute approximate surface area is 141 Å². The molecule has 1 N–H and O–H groups in total. The van der Waals surface area contributed by atoms with Gasteiger partial charge in [0.25, 0.3) is 0 Å². The van der Waals surface area contributed by atoms with E-state index in [1.54, 1.807) is 6.07 Å². The van der Waals surface area contributed by atoms with Crippen LogP contribution in [0.3, 0.4) is 0 Å². The summed E-state index contributed by atoms with van der Waals surface area (Å²) in [6, 6.07) is 6.33. The van der Waals surface area contributed by atoms with Crippen LogP contribution in [0.1, 0.15) is 38.2 Å². The molecule has 2 aliphatic rings. The predicted octanol–water partition coefficient (Wildman–Crippen LogP) is 2.64. The lowest BCUT2D eigenvalue weighted by molar-refractivity contribution is -0.159. The van der Waals surface area contributed by atoms with Crippen LogP contribution in [0.5, 0.6) is 0 Å². The van der Waals surface area contributed by atoms with Crippen molar-refractivity contribution in [2.24, 2.45) is 10.6 Å². The third-order valence-electron chi connectivity index (χ3n) is 4.69. The van der Waals surface area contributed by atoms with Gasteiger partial charge in [-0.15, -0.1) is 0 Å². The van der Waals surface area contributed by atoms with E-state index in [0.717, 1.165) is 30.7 Å². The highest BCUT2D eigenvalue weighted by Gasteiger charge is 2.44. The van der Waals surface area contributed by atoms with Crippen LogP contribution in [0, 0.1) is 11.2 Å². The molecule has 0 amide bonds. The van der Waals surface area contributed by atoms with Crippen LogP contribution < -0.4 is 5.32 Å². The number of esters is 1. The molecule has 1 aromatic rings. The van der Waals surface area contributed by atoms with Crippen LogP contribution in [-0.4, -0.2) is 37.5 Å². The van der Waals surface area contributed by atoms with Crippen LogP contribution in [-0.2, 0) is 14.4 Å². The van der Waals surface area contributed by atoms with E-state index in [-0.39, 0.29) is 17.9 Å². The molecule has 0 spiro atoms. The topological polar surface area (TPSA) is 59.9 Å². The Morgan fingerprint density at radius 2 is 2.42 bits per heavy atom. The Bertz CT molecular complexity index is 626. The number of piperidine rings is 1. The summed E-state index contributed by atoms with van der Waals surface area (Å²) >= 11 is 0. The molecule has 24 heavy (non-hydrogen) atoms. The Balaban J connectivity index is 1.68. The molecular formula is C18H23FN2O3. The minimum absolute atomic E-state index is 0.167. The molecule has 0 saturated carbocycles. The summed E-state index contributed by atoms with van der Waals surface area (Å²) in [7, 11) is 0. The molecule has 2 aliphatic heterocycles. The quantitative estimate of drug-likeness (QED) is 0.841. The van der Waals surface area contributed by atoms with Gasteiger partial charge >= 0.3 is 5.97 Å².